The monoisotopic (exact) mass is 340 g/mol. The van der Waals surface area contributed by atoms with Crippen molar-refractivity contribution in [3.05, 3.63) is 0 Å². The quantitative estimate of drug-likeness (QED) is 0.496. The highest BCUT2D eigenvalue weighted by atomic mass is 79.9. The molecule has 98 valence electrons. The number of alkyl halides is 1. The molecule has 1 N–H and O–H groups in total. The summed E-state index contributed by atoms with van der Waals surface area (Å²) in [5, 5.41) is 9.42. The zero-order valence-corrected chi connectivity index (χ0v) is 11.9. The van der Waals surface area contributed by atoms with E-state index >= 15 is 0 Å². The topological polar surface area (TPSA) is 128 Å². The molecule has 0 aliphatic rings. The fourth-order valence-corrected chi connectivity index (χ4v) is 2.47. The van der Waals surface area contributed by atoms with E-state index in [0.29, 0.717) is 0 Å². The van der Waals surface area contributed by atoms with Crippen LogP contribution in [0.4, 0.5) is 0 Å². The van der Waals surface area contributed by atoms with Crippen LogP contribution >= 0.6 is 31.6 Å². The summed E-state index contributed by atoms with van der Waals surface area (Å²) in [6.07, 6.45) is 0. The molecule has 0 aliphatic carbocycles. The molecule has 0 aromatic heterocycles. The molecule has 0 saturated heterocycles. The predicted octanol–water partition coefficient (Wildman–Crippen LogP) is -0.251. The Morgan fingerprint density at radius 1 is 1.38 bits per heavy atom. The van der Waals surface area contributed by atoms with Gasteiger partial charge >= 0.3 is 0 Å². The Bertz CT molecular complexity index is 318. The van der Waals surface area contributed by atoms with Crippen molar-refractivity contribution in [2.24, 2.45) is 0 Å². The van der Waals surface area contributed by atoms with Gasteiger partial charge in [-0.15, -0.1) is 0 Å². The fraction of sp³-hybridized carbons (Fsp3) is 1.00. The van der Waals surface area contributed by atoms with Gasteiger partial charge in [-0.05, 0) is 6.92 Å². The lowest BCUT2D eigenvalue weighted by atomic mass is 10.2. The van der Waals surface area contributed by atoms with Gasteiger partial charge in [-0.1, -0.05) is 15.9 Å². The second-order valence-electron chi connectivity index (χ2n) is 3.06. The minimum absolute atomic E-state index is 0.0410. The lowest BCUT2D eigenvalue weighted by Crippen LogP contribution is -2.33. The van der Waals surface area contributed by atoms with Crippen molar-refractivity contribution in [2.45, 2.75) is 12.5 Å². The molecule has 0 amide bonds. The van der Waals surface area contributed by atoms with Crippen LogP contribution in [0.3, 0.4) is 0 Å². The number of rotatable bonds is 7. The van der Waals surface area contributed by atoms with Crippen LogP contribution in [0, 0.1) is 0 Å². The molecule has 0 fully saturated rings. The van der Waals surface area contributed by atoms with E-state index in [1.54, 1.807) is 0 Å². The number of phosphoric ester groups is 2. The van der Waals surface area contributed by atoms with Gasteiger partial charge in [-0.25, -0.2) is 4.31 Å². The summed E-state index contributed by atoms with van der Waals surface area (Å²) in [6, 6.07) is 0. The molecular weight excluding hydrogens is 330 g/mol. The molecule has 0 radical (unpaired) electrons. The molecule has 3 unspecified atom stereocenters. The highest BCUT2D eigenvalue weighted by Crippen LogP contribution is 2.55. The number of phosphoric acid groups is 2. The van der Waals surface area contributed by atoms with Gasteiger partial charge < -0.3 is 23.9 Å². The van der Waals surface area contributed by atoms with E-state index in [2.05, 4.69) is 29.3 Å². The molecular formula is C5H11BrO8P2-2. The van der Waals surface area contributed by atoms with Gasteiger partial charge in [0.1, 0.15) is 0 Å². The van der Waals surface area contributed by atoms with Crippen LogP contribution < -0.4 is 9.79 Å². The summed E-state index contributed by atoms with van der Waals surface area (Å²) >= 11 is 2.91. The molecule has 16 heavy (non-hydrogen) atoms. The molecule has 0 saturated carbocycles. The number of hydrogen-bond donors (Lipinski definition) is 1. The predicted molar refractivity (Wildman–Crippen MR) is 53.7 cm³/mol. The second-order valence-corrected chi connectivity index (χ2v) is 6.69. The zero-order chi connectivity index (χ0) is 13.0. The molecule has 3 atom stereocenters. The summed E-state index contributed by atoms with van der Waals surface area (Å²) in [4.78, 5) is 21.6. The highest BCUT2D eigenvalue weighted by molar-refractivity contribution is 9.09. The first-order valence-electron chi connectivity index (χ1n) is 3.86. The van der Waals surface area contributed by atoms with Crippen molar-refractivity contribution in [3.8, 4) is 0 Å². The van der Waals surface area contributed by atoms with Gasteiger partial charge in [-0.3, -0.25) is 9.13 Å². The van der Waals surface area contributed by atoms with Gasteiger partial charge in [0.25, 0.3) is 15.6 Å². The number of aliphatic hydroxyl groups is 1. The van der Waals surface area contributed by atoms with Gasteiger partial charge in [0.15, 0.2) is 0 Å². The van der Waals surface area contributed by atoms with Crippen LogP contribution in [-0.2, 0) is 22.5 Å². The molecule has 0 spiro atoms. The largest absolute Gasteiger partial charge is 0.756 e. The van der Waals surface area contributed by atoms with Crippen LogP contribution in [0.5, 0.6) is 0 Å². The summed E-state index contributed by atoms with van der Waals surface area (Å²) in [5.41, 5.74) is -1.47. The fourth-order valence-electron chi connectivity index (χ4n) is 0.436. The molecule has 0 bridgehead atoms. The van der Waals surface area contributed by atoms with Crippen molar-refractivity contribution in [2.75, 3.05) is 19.0 Å². The molecule has 8 nitrogen and oxygen atoms in total. The third kappa shape index (κ3) is 7.11. The van der Waals surface area contributed by atoms with Crippen molar-refractivity contribution < 1.29 is 37.4 Å². The molecule has 0 aromatic carbocycles. The summed E-state index contributed by atoms with van der Waals surface area (Å²) in [7, 11) is -9.26. The molecule has 0 aromatic rings. The highest BCUT2D eigenvalue weighted by Gasteiger charge is 2.25. The normalized spacial score (nSPS) is 23.1. The van der Waals surface area contributed by atoms with Crippen molar-refractivity contribution >= 4 is 31.6 Å². The van der Waals surface area contributed by atoms with Crippen LogP contribution in [0.2, 0.25) is 0 Å². The standard InChI is InChI=1S/C5H13BrO8P2/c1-5(7,3-6)4-13-16(10,11)14-15(8,9)12-2/h7H,3-4H2,1-2H3,(H,8,9)(H,10,11)/p-2. The van der Waals surface area contributed by atoms with Crippen LogP contribution in [0.25, 0.3) is 0 Å². The minimum Gasteiger partial charge on any atom is -0.756 e. The minimum atomic E-state index is -5.07. The summed E-state index contributed by atoms with van der Waals surface area (Å²) in [5.74, 6) is 0. The van der Waals surface area contributed by atoms with E-state index in [1.165, 1.54) is 6.92 Å². The lowest BCUT2D eigenvalue weighted by molar-refractivity contribution is -0.244. The maximum absolute atomic E-state index is 11.0. The van der Waals surface area contributed by atoms with E-state index in [1.807, 2.05) is 0 Å². The van der Waals surface area contributed by atoms with Gasteiger partial charge in [0, 0.05) is 12.4 Å². The lowest BCUT2D eigenvalue weighted by Gasteiger charge is -2.31. The molecule has 0 heterocycles. The second kappa shape index (κ2) is 6.04. The van der Waals surface area contributed by atoms with Gasteiger partial charge in [-0.2, -0.15) is 0 Å². The average Bonchev–Trinajstić information content (AvgIpc) is 2.14. The Morgan fingerprint density at radius 3 is 2.25 bits per heavy atom. The van der Waals surface area contributed by atoms with Crippen LogP contribution in [0.15, 0.2) is 0 Å². The van der Waals surface area contributed by atoms with E-state index in [9.17, 15) is 24.0 Å². The first-order valence-corrected chi connectivity index (χ1v) is 7.90. The van der Waals surface area contributed by atoms with Gasteiger partial charge in [0.2, 0.25) is 0 Å². The molecule has 11 heteroatoms. The Morgan fingerprint density at radius 2 is 1.88 bits per heavy atom. The van der Waals surface area contributed by atoms with E-state index in [4.69, 9.17) is 0 Å². The Hall–Kier alpha value is 0.700. The van der Waals surface area contributed by atoms with Crippen LogP contribution in [-0.4, -0.2) is 29.8 Å². The SMILES string of the molecule is COP(=O)([O-])OP(=O)([O-])OCC(C)(O)CBr. The zero-order valence-electron chi connectivity index (χ0n) is 8.49. The van der Waals surface area contributed by atoms with E-state index < -0.39 is 27.9 Å². The third-order valence-corrected chi connectivity index (χ3v) is 4.95. The maximum Gasteiger partial charge on any atom is 0.274 e. The van der Waals surface area contributed by atoms with Crippen LogP contribution in [0.1, 0.15) is 6.92 Å². The van der Waals surface area contributed by atoms with Gasteiger partial charge in [0.05, 0.1) is 12.2 Å². The van der Waals surface area contributed by atoms with E-state index in [-0.39, 0.29) is 5.33 Å². The van der Waals surface area contributed by atoms with Crippen molar-refractivity contribution in [1.82, 2.24) is 0 Å². The van der Waals surface area contributed by atoms with Crippen molar-refractivity contribution in [1.29, 1.82) is 0 Å². The summed E-state index contributed by atoms with van der Waals surface area (Å²) in [6.45, 7) is 0.637. The number of halogens is 1. The Balaban J connectivity index is 4.38. The van der Waals surface area contributed by atoms with E-state index in [0.717, 1.165) is 7.11 Å². The molecule has 0 rings (SSSR count). The summed E-state index contributed by atoms with van der Waals surface area (Å²) < 4.78 is 33.2. The Kier molecular flexibility index (Phi) is 6.30. The maximum atomic E-state index is 11.0. The third-order valence-electron chi connectivity index (χ3n) is 1.25. The number of hydrogen-bond acceptors (Lipinski definition) is 8. The molecule has 0 aliphatic heterocycles. The Labute approximate surface area is 101 Å². The first kappa shape index (κ1) is 16.7. The van der Waals surface area contributed by atoms with Crippen molar-refractivity contribution in [3.63, 3.8) is 0 Å². The smallest absolute Gasteiger partial charge is 0.274 e. The first-order chi connectivity index (χ1) is 7.04. The average molecular weight is 341 g/mol.